The smallest absolute Gasteiger partial charge is 0.0640 e. The van der Waals surface area contributed by atoms with E-state index in [0.29, 0.717) is 6.04 Å². The molecule has 0 unspecified atom stereocenters. The third-order valence-electron chi connectivity index (χ3n) is 2.79. The van der Waals surface area contributed by atoms with Crippen LogP contribution in [0.1, 0.15) is 31.0 Å². The first-order chi connectivity index (χ1) is 8.56. The zero-order valence-corrected chi connectivity index (χ0v) is 11.7. The highest BCUT2D eigenvalue weighted by molar-refractivity contribution is 6.33. The van der Waals surface area contributed by atoms with Gasteiger partial charge >= 0.3 is 0 Å². The molecule has 0 saturated carbocycles. The molecule has 0 bridgehead atoms. The third-order valence-corrected chi connectivity index (χ3v) is 3.10. The summed E-state index contributed by atoms with van der Waals surface area (Å²) in [5.41, 5.74) is 3.28. The summed E-state index contributed by atoms with van der Waals surface area (Å²) in [5.74, 6) is 0. The minimum Gasteiger partial charge on any atom is -0.380 e. The quantitative estimate of drug-likeness (QED) is 0.902. The average Bonchev–Trinajstić information content (AvgIpc) is 2.76. The van der Waals surface area contributed by atoms with Gasteiger partial charge < -0.3 is 5.32 Å². The Hall–Kier alpha value is -1.48. The Balaban J connectivity index is 2.02. The molecule has 2 aromatic rings. The topological polar surface area (TPSA) is 29.9 Å². The van der Waals surface area contributed by atoms with Crippen molar-refractivity contribution in [1.29, 1.82) is 0 Å². The number of anilines is 1. The van der Waals surface area contributed by atoms with E-state index in [9.17, 15) is 0 Å². The Labute approximate surface area is 113 Å². The Bertz CT molecular complexity index is 532. The van der Waals surface area contributed by atoms with Gasteiger partial charge in [0.25, 0.3) is 0 Å². The molecular weight excluding hydrogens is 246 g/mol. The molecule has 96 valence electrons. The highest BCUT2D eigenvalue weighted by atomic mass is 35.5. The standard InChI is InChI=1S/C14H18ClN3/c1-10(2)18-9-12(8-17-18)7-16-14-5-4-11(3)6-13(14)15/h4-6,8-10,16H,7H2,1-3H3. The maximum atomic E-state index is 6.17. The van der Waals surface area contributed by atoms with E-state index in [1.54, 1.807) is 0 Å². The van der Waals surface area contributed by atoms with Gasteiger partial charge in [-0.25, -0.2) is 0 Å². The van der Waals surface area contributed by atoms with Crippen molar-refractivity contribution in [3.05, 3.63) is 46.7 Å². The van der Waals surface area contributed by atoms with Crippen LogP contribution in [0.3, 0.4) is 0 Å². The fraction of sp³-hybridized carbons (Fsp3) is 0.357. The molecule has 0 radical (unpaired) electrons. The maximum Gasteiger partial charge on any atom is 0.0640 e. The van der Waals surface area contributed by atoms with Crippen molar-refractivity contribution >= 4 is 17.3 Å². The van der Waals surface area contributed by atoms with E-state index >= 15 is 0 Å². The average molecular weight is 264 g/mol. The van der Waals surface area contributed by atoms with Crippen molar-refractivity contribution in [2.75, 3.05) is 5.32 Å². The second-order valence-corrected chi connectivity index (χ2v) is 5.17. The van der Waals surface area contributed by atoms with Gasteiger partial charge in [-0.2, -0.15) is 5.10 Å². The number of hydrogen-bond acceptors (Lipinski definition) is 2. The molecule has 0 atom stereocenters. The number of nitrogens with zero attached hydrogens (tertiary/aromatic N) is 2. The summed E-state index contributed by atoms with van der Waals surface area (Å²) in [6, 6.07) is 6.40. The first kappa shape index (κ1) is 13.0. The van der Waals surface area contributed by atoms with Gasteiger partial charge in [0, 0.05) is 24.3 Å². The molecule has 2 rings (SSSR count). The normalized spacial score (nSPS) is 10.9. The van der Waals surface area contributed by atoms with Crippen LogP contribution in [0.25, 0.3) is 0 Å². The number of nitrogens with one attached hydrogen (secondary N) is 1. The fourth-order valence-electron chi connectivity index (χ4n) is 1.71. The Morgan fingerprint density at radius 1 is 1.39 bits per heavy atom. The monoisotopic (exact) mass is 263 g/mol. The molecule has 3 nitrogen and oxygen atoms in total. The summed E-state index contributed by atoms with van der Waals surface area (Å²) in [4.78, 5) is 0. The lowest BCUT2D eigenvalue weighted by Gasteiger charge is -2.08. The van der Waals surface area contributed by atoms with Gasteiger partial charge in [-0.1, -0.05) is 17.7 Å². The minimum absolute atomic E-state index is 0.390. The molecule has 0 aliphatic rings. The molecule has 0 fully saturated rings. The molecule has 4 heteroatoms. The van der Waals surface area contributed by atoms with E-state index in [-0.39, 0.29) is 0 Å². The maximum absolute atomic E-state index is 6.17. The summed E-state index contributed by atoms with van der Waals surface area (Å²) < 4.78 is 1.95. The fourth-order valence-corrected chi connectivity index (χ4v) is 2.01. The third kappa shape index (κ3) is 3.05. The molecule has 1 N–H and O–H groups in total. The van der Waals surface area contributed by atoms with Gasteiger partial charge in [-0.15, -0.1) is 0 Å². The first-order valence-electron chi connectivity index (χ1n) is 6.09. The largest absolute Gasteiger partial charge is 0.380 e. The highest BCUT2D eigenvalue weighted by Crippen LogP contribution is 2.23. The van der Waals surface area contributed by atoms with Gasteiger partial charge in [0.2, 0.25) is 0 Å². The Morgan fingerprint density at radius 3 is 2.78 bits per heavy atom. The van der Waals surface area contributed by atoms with Crippen LogP contribution in [0, 0.1) is 6.92 Å². The van der Waals surface area contributed by atoms with Crippen LogP contribution in [0.15, 0.2) is 30.6 Å². The van der Waals surface area contributed by atoms with Crippen LogP contribution < -0.4 is 5.32 Å². The van der Waals surface area contributed by atoms with Gasteiger partial charge in [0.05, 0.1) is 16.9 Å². The van der Waals surface area contributed by atoms with E-state index < -0.39 is 0 Å². The lowest BCUT2D eigenvalue weighted by Crippen LogP contribution is -2.01. The summed E-state index contributed by atoms with van der Waals surface area (Å²) in [6.45, 7) is 6.99. The van der Waals surface area contributed by atoms with E-state index in [0.717, 1.165) is 28.4 Å². The highest BCUT2D eigenvalue weighted by Gasteiger charge is 2.03. The lowest BCUT2D eigenvalue weighted by atomic mass is 10.2. The number of aromatic nitrogens is 2. The summed E-state index contributed by atoms with van der Waals surface area (Å²) >= 11 is 6.17. The summed E-state index contributed by atoms with van der Waals surface area (Å²) in [5, 5.41) is 8.39. The van der Waals surface area contributed by atoms with Crippen LogP contribution in [-0.4, -0.2) is 9.78 Å². The zero-order chi connectivity index (χ0) is 13.1. The van der Waals surface area contributed by atoms with Crippen LogP contribution in [-0.2, 0) is 6.54 Å². The van der Waals surface area contributed by atoms with Crippen molar-refractivity contribution < 1.29 is 0 Å². The predicted octanol–water partition coefficient (Wildman–Crippen LogP) is 4.04. The SMILES string of the molecule is Cc1ccc(NCc2cnn(C(C)C)c2)c(Cl)c1. The number of hydrogen-bond donors (Lipinski definition) is 1. The van der Waals surface area contributed by atoms with Gasteiger partial charge in [0.1, 0.15) is 0 Å². The van der Waals surface area contributed by atoms with Gasteiger partial charge in [0.15, 0.2) is 0 Å². The van der Waals surface area contributed by atoms with E-state index in [2.05, 4.69) is 30.5 Å². The molecule has 1 aromatic carbocycles. The first-order valence-corrected chi connectivity index (χ1v) is 6.47. The van der Waals surface area contributed by atoms with Crippen LogP contribution in [0.5, 0.6) is 0 Å². The molecule has 1 heterocycles. The van der Waals surface area contributed by atoms with Crippen LogP contribution in [0.4, 0.5) is 5.69 Å². The Kier molecular flexibility index (Phi) is 3.92. The van der Waals surface area contributed by atoms with Crippen molar-refractivity contribution in [2.45, 2.75) is 33.4 Å². The molecule has 0 aliphatic carbocycles. The number of benzene rings is 1. The lowest BCUT2D eigenvalue weighted by molar-refractivity contribution is 0.532. The zero-order valence-electron chi connectivity index (χ0n) is 10.9. The van der Waals surface area contributed by atoms with Crippen molar-refractivity contribution in [1.82, 2.24) is 9.78 Å². The summed E-state index contributed by atoms with van der Waals surface area (Å²) in [7, 11) is 0. The number of aryl methyl sites for hydroxylation is 1. The number of halogens is 1. The minimum atomic E-state index is 0.390. The van der Waals surface area contributed by atoms with Gasteiger partial charge in [-0.3, -0.25) is 4.68 Å². The molecule has 0 aliphatic heterocycles. The molecule has 1 aromatic heterocycles. The van der Waals surface area contributed by atoms with Crippen molar-refractivity contribution in [2.24, 2.45) is 0 Å². The second-order valence-electron chi connectivity index (χ2n) is 4.76. The Morgan fingerprint density at radius 2 is 2.17 bits per heavy atom. The van der Waals surface area contributed by atoms with E-state index in [1.165, 1.54) is 0 Å². The van der Waals surface area contributed by atoms with Gasteiger partial charge in [-0.05, 0) is 38.5 Å². The van der Waals surface area contributed by atoms with Crippen LogP contribution in [0.2, 0.25) is 5.02 Å². The van der Waals surface area contributed by atoms with E-state index in [1.807, 2.05) is 36.0 Å². The second kappa shape index (κ2) is 5.44. The molecular formula is C14H18ClN3. The number of rotatable bonds is 4. The van der Waals surface area contributed by atoms with Crippen molar-refractivity contribution in [3.8, 4) is 0 Å². The molecule has 0 spiro atoms. The molecule has 18 heavy (non-hydrogen) atoms. The van der Waals surface area contributed by atoms with E-state index in [4.69, 9.17) is 11.6 Å². The summed E-state index contributed by atoms with van der Waals surface area (Å²) in [6.07, 6.45) is 3.94. The van der Waals surface area contributed by atoms with Crippen molar-refractivity contribution in [3.63, 3.8) is 0 Å². The predicted molar refractivity (Wildman–Crippen MR) is 76.1 cm³/mol. The molecule has 0 saturated heterocycles. The molecule has 0 amide bonds. The van der Waals surface area contributed by atoms with Crippen LogP contribution >= 0.6 is 11.6 Å².